The summed E-state index contributed by atoms with van der Waals surface area (Å²) < 4.78 is 25.3. The predicted molar refractivity (Wildman–Crippen MR) is 110 cm³/mol. The SMILES string of the molecule is CC(c1ccc2c(c1)O[C@H](C)C2)N1CCN(c2ncc(S(C)(=N)=O)cn2)CC1. The first-order valence-electron chi connectivity index (χ1n) is 9.65. The second-order valence-electron chi connectivity index (χ2n) is 7.76. The maximum atomic E-state index is 11.8. The van der Waals surface area contributed by atoms with Gasteiger partial charge >= 0.3 is 0 Å². The highest BCUT2D eigenvalue weighted by molar-refractivity contribution is 7.91. The summed E-state index contributed by atoms with van der Waals surface area (Å²) in [4.78, 5) is 13.6. The molecule has 28 heavy (non-hydrogen) atoms. The molecular formula is C20H27N5O2S. The fourth-order valence-corrected chi connectivity index (χ4v) is 4.38. The zero-order chi connectivity index (χ0) is 19.9. The largest absolute Gasteiger partial charge is 0.490 e. The molecule has 2 aliphatic rings. The Hall–Kier alpha value is -2.19. The third-order valence-electron chi connectivity index (χ3n) is 5.62. The Labute approximate surface area is 166 Å². The lowest BCUT2D eigenvalue weighted by Crippen LogP contribution is -2.47. The van der Waals surface area contributed by atoms with Crippen LogP contribution in [0.3, 0.4) is 0 Å². The Morgan fingerprint density at radius 1 is 1.21 bits per heavy atom. The molecule has 0 bridgehead atoms. The van der Waals surface area contributed by atoms with Crippen LogP contribution in [0.15, 0.2) is 35.5 Å². The molecule has 2 aliphatic heterocycles. The van der Waals surface area contributed by atoms with Gasteiger partial charge in [-0.1, -0.05) is 12.1 Å². The van der Waals surface area contributed by atoms with Gasteiger partial charge in [-0.15, -0.1) is 0 Å². The van der Waals surface area contributed by atoms with Gasteiger partial charge in [-0.25, -0.2) is 19.0 Å². The van der Waals surface area contributed by atoms with Crippen LogP contribution in [0.25, 0.3) is 0 Å². The van der Waals surface area contributed by atoms with E-state index in [4.69, 9.17) is 9.52 Å². The standard InChI is InChI=1S/C20H27N5O2S/c1-14-10-17-5-4-16(11-19(17)27-14)15(2)24-6-8-25(9-7-24)20-22-12-18(13-23-20)28(3,21)26/h4-5,11-15,21H,6-10H2,1-3H3/t14-,15?,28?/m1/s1. The lowest BCUT2D eigenvalue weighted by atomic mass is 10.0. The lowest BCUT2D eigenvalue weighted by molar-refractivity contribution is 0.197. The summed E-state index contributed by atoms with van der Waals surface area (Å²) in [6.07, 6.45) is 5.67. The molecule has 0 radical (unpaired) electrons. The topological polar surface area (TPSA) is 82.4 Å². The summed E-state index contributed by atoms with van der Waals surface area (Å²) in [6, 6.07) is 6.94. The molecule has 2 unspecified atom stereocenters. The van der Waals surface area contributed by atoms with Crippen LogP contribution < -0.4 is 9.64 Å². The minimum absolute atomic E-state index is 0.270. The van der Waals surface area contributed by atoms with Crippen molar-refractivity contribution in [3.8, 4) is 5.75 Å². The molecule has 150 valence electrons. The molecule has 1 N–H and O–H groups in total. The molecule has 0 aliphatic carbocycles. The molecule has 1 fully saturated rings. The number of nitrogens with one attached hydrogen (secondary N) is 1. The van der Waals surface area contributed by atoms with E-state index in [9.17, 15) is 4.21 Å². The first kappa shape index (κ1) is 19.1. The van der Waals surface area contributed by atoms with E-state index in [1.165, 1.54) is 29.8 Å². The van der Waals surface area contributed by atoms with Crippen LogP contribution in [0.5, 0.6) is 5.75 Å². The zero-order valence-corrected chi connectivity index (χ0v) is 17.4. The number of hydrogen-bond acceptors (Lipinski definition) is 7. The van der Waals surface area contributed by atoms with Crippen LogP contribution in [0, 0.1) is 4.78 Å². The van der Waals surface area contributed by atoms with E-state index in [-0.39, 0.29) is 6.10 Å². The van der Waals surface area contributed by atoms with E-state index in [0.29, 0.717) is 16.9 Å². The summed E-state index contributed by atoms with van der Waals surface area (Å²) in [6.45, 7) is 7.87. The Morgan fingerprint density at radius 3 is 2.54 bits per heavy atom. The van der Waals surface area contributed by atoms with Gasteiger partial charge in [-0.05, 0) is 31.0 Å². The van der Waals surface area contributed by atoms with Gasteiger partial charge in [0.25, 0.3) is 0 Å². The number of aromatic nitrogens is 2. The Balaban J connectivity index is 1.39. The minimum Gasteiger partial charge on any atom is -0.490 e. The van der Waals surface area contributed by atoms with Crippen molar-refractivity contribution in [2.75, 3.05) is 37.3 Å². The van der Waals surface area contributed by atoms with E-state index in [0.717, 1.165) is 38.3 Å². The smallest absolute Gasteiger partial charge is 0.225 e. The van der Waals surface area contributed by atoms with E-state index in [1.54, 1.807) is 0 Å². The normalized spacial score (nSPS) is 23.0. The molecule has 0 saturated carbocycles. The number of fused-ring (bicyclic) bond motifs is 1. The van der Waals surface area contributed by atoms with E-state index in [1.807, 2.05) is 0 Å². The van der Waals surface area contributed by atoms with Gasteiger partial charge < -0.3 is 9.64 Å². The van der Waals surface area contributed by atoms with Crippen molar-refractivity contribution in [1.29, 1.82) is 4.78 Å². The third-order valence-corrected chi connectivity index (χ3v) is 6.73. The summed E-state index contributed by atoms with van der Waals surface area (Å²) in [5.41, 5.74) is 2.59. The van der Waals surface area contributed by atoms with Gasteiger partial charge in [-0.3, -0.25) is 4.90 Å². The highest BCUT2D eigenvalue weighted by Crippen LogP contribution is 2.33. The van der Waals surface area contributed by atoms with Crippen molar-refractivity contribution in [3.63, 3.8) is 0 Å². The van der Waals surface area contributed by atoms with E-state index >= 15 is 0 Å². The number of rotatable bonds is 4. The Morgan fingerprint density at radius 2 is 1.89 bits per heavy atom. The molecule has 1 aromatic heterocycles. The van der Waals surface area contributed by atoms with Gasteiger partial charge in [0, 0.05) is 57.3 Å². The molecular weight excluding hydrogens is 374 g/mol. The predicted octanol–water partition coefficient (Wildman–Crippen LogP) is 2.72. The first-order valence-corrected chi connectivity index (χ1v) is 11.6. The number of ether oxygens (including phenoxy) is 1. The van der Waals surface area contributed by atoms with Gasteiger partial charge in [-0.2, -0.15) is 0 Å². The Kier molecular flexibility index (Phi) is 5.01. The van der Waals surface area contributed by atoms with Gasteiger partial charge in [0.2, 0.25) is 5.95 Å². The molecule has 7 nitrogen and oxygen atoms in total. The van der Waals surface area contributed by atoms with Crippen LogP contribution in [0.4, 0.5) is 5.95 Å². The number of hydrogen-bond donors (Lipinski definition) is 1. The van der Waals surface area contributed by atoms with Crippen molar-refractivity contribution >= 4 is 15.7 Å². The van der Waals surface area contributed by atoms with Crippen molar-refractivity contribution in [2.45, 2.75) is 37.3 Å². The molecule has 8 heteroatoms. The second-order valence-corrected chi connectivity index (χ2v) is 9.92. The van der Waals surface area contributed by atoms with Crippen molar-refractivity contribution in [3.05, 3.63) is 41.7 Å². The summed E-state index contributed by atoms with van der Waals surface area (Å²) in [7, 11) is -2.77. The minimum atomic E-state index is -2.77. The third kappa shape index (κ3) is 3.84. The van der Waals surface area contributed by atoms with Gasteiger partial charge in [0.1, 0.15) is 11.9 Å². The highest BCUT2D eigenvalue weighted by Gasteiger charge is 2.25. The van der Waals surface area contributed by atoms with Gasteiger partial charge in [0.15, 0.2) is 0 Å². The maximum absolute atomic E-state index is 11.8. The molecule has 0 spiro atoms. The number of anilines is 1. The molecule has 1 aromatic carbocycles. The fraction of sp³-hybridized carbons (Fsp3) is 0.500. The van der Waals surface area contributed by atoms with Crippen LogP contribution in [-0.2, 0) is 16.1 Å². The number of piperazine rings is 1. The second kappa shape index (κ2) is 7.33. The van der Waals surface area contributed by atoms with Crippen molar-refractivity contribution < 1.29 is 8.95 Å². The Bertz CT molecular complexity index is 953. The van der Waals surface area contributed by atoms with E-state index in [2.05, 4.69) is 51.8 Å². The quantitative estimate of drug-likeness (QED) is 0.848. The molecule has 1 saturated heterocycles. The lowest BCUT2D eigenvalue weighted by Gasteiger charge is -2.38. The summed E-state index contributed by atoms with van der Waals surface area (Å²) >= 11 is 0. The van der Waals surface area contributed by atoms with Crippen LogP contribution in [-0.4, -0.2) is 57.6 Å². The van der Waals surface area contributed by atoms with Crippen molar-refractivity contribution in [1.82, 2.24) is 14.9 Å². The van der Waals surface area contributed by atoms with Crippen molar-refractivity contribution in [2.24, 2.45) is 0 Å². The molecule has 3 atom stereocenters. The molecule has 3 heterocycles. The average molecular weight is 402 g/mol. The molecule has 4 rings (SSSR count). The number of nitrogens with zero attached hydrogens (tertiary/aromatic N) is 4. The number of benzene rings is 1. The van der Waals surface area contributed by atoms with Gasteiger partial charge in [0.05, 0.1) is 14.6 Å². The maximum Gasteiger partial charge on any atom is 0.225 e. The van der Waals surface area contributed by atoms with E-state index < -0.39 is 9.73 Å². The average Bonchev–Trinajstić information content (AvgIpc) is 3.06. The summed E-state index contributed by atoms with van der Waals surface area (Å²) in [5.74, 6) is 1.67. The van der Waals surface area contributed by atoms with Crippen LogP contribution >= 0.6 is 0 Å². The van der Waals surface area contributed by atoms with Crippen LogP contribution in [0.1, 0.15) is 31.0 Å². The monoisotopic (exact) mass is 401 g/mol. The highest BCUT2D eigenvalue weighted by atomic mass is 32.2. The first-order chi connectivity index (χ1) is 13.3. The van der Waals surface area contributed by atoms with Crippen LogP contribution in [0.2, 0.25) is 0 Å². The fourth-order valence-electron chi connectivity index (χ4n) is 3.87. The molecule has 0 amide bonds. The zero-order valence-electron chi connectivity index (χ0n) is 16.6. The summed E-state index contributed by atoms with van der Waals surface area (Å²) in [5, 5.41) is 0. The molecule has 2 aromatic rings.